The van der Waals surface area contributed by atoms with E-state index in [2.05, 4.69) is 0 Å². The van der Waals surface area contributed by atoms with Crippen LogP contribution in [0.25, 0.3) is 0 Å². The topological polar surface area (TPSA) is 78.5 Å². The summed E-state index contributed by atoms with van der Waals surface area (Å²) in [6, 6.07) is 0.519. The summed E-state index contributed by atoms with van der Waals surface area (Å²) in [5.41, 5.74) is -15.6. The fraction of sp³-hybridized carbons (Fsp3) is 0.318. The summed E-state index contributed by atoms with van der Waals surface area (Å²) in [4.78, 5) is 36.2. The van der Waals surface area contributed by atoms with Crippen LogP contribution in [0.5, 0.6) is 0 Å². The number of nitrogens with one attached hydrogen (secondary N) is 2. The molecule has 0 bridgehead atoms. The van der Waals surface area contributed by atoms with Crippen LogP contribution in [0.2, 0.25) is 5.02 Å². The normalized spacial score (nSPS) is 13.0. The minimum absolute atomic E-state index is 0.113. The molecule has 6 nitrogen and oxygen atoms in total. The second kappa shape index (κ2) is 11.7. The Hall–Kier alpha value is -3.84. The van der Waals surface area contributed by atoms with Crippen molar-refractivity contribution < 1.29 is 75.8 Å². The fourth-order valence-corrected chi connectivity index (χ4v) is 3.59. The number of carbonyl (C=O) groups excluding carboxylic acids is 3. The smallest absolute Gasteiger partial charge is 0.328 e. The largest absolute Gasteiger partial charge is 0.435 e. The standard InChI is InChI=1S/C22H12ClF14N3O3/c1-40(7-18(25,26)27)17(43)16(42)38-12-4-2-3-9(13(12)24)15(41)39-14-10(20(29,30)31)5-8(6-11(14)23)19(28,21(32,33)34)22(35,36)37/h2-6H,7H2,1H3,(H,38,42)(H,39,41). The number of hydrogen-bond acceptors (Lipinski definition) is 3. The Bertz CT molecular complexity index is 1400. The first kappa shape index (κ1) is 35.4. The van der Waals surface area contributed by atoms with Gasteiger partial charge in [0, 0.05) is 12.6 Å². The van der Waals surface area contributed by atoms with E-state index in [4.69, 9.17) is 11.6 Å². The highest BCUT2D eigenvalue weighted by molar-refractivity contribution is 6.39. The van der Waals surface area contributed by atoms with Crippen LogP contribution < -0.4 is 10.6 Å². The first-order chi connectivity index (χ1) is 19.2. The summed E-state index contributed by atoms with van der Waals surface area (Å²) < 4.78 is 186. The van der Waals surface area contributed by atoms with E-state index in [1.54, 1.807) is 0 Å². The highest BCUT2D eigenvalue weighted by Gasteiger charge is 2.73. The van der Waals surface area contributed by atoms with Crippen LogP contribution in [0.3, 0.4) is 0 Å². The van der Waals surface area contributed by atoms with E-state index in [1.807, 2.05) is 0 Å². The average molecular weight is 668 g/mol. The Morgan fingerprint density at radius 1 is 0.837 bits per heavy atom. The summed E-state index contributed by atoms with van der Waals surface area (Å²) in [7, 11) is 0.555. The summed E-state index contributed by atoms with van der Waals surface area (Å²) in [6.07, 6.45) is -24.5. The first-order valence-corrected chi connectivity index (χ1v) is 11.1. The van der Waals surface area contributed by atoms with Gasteiger partial charge in [0.1, 0.15) is 6.54 Å². The van der Waals surface area contributed by atoms with Crippen molar-refractivity contribution in [3.05, 3.63) is 57.9 Å². The third-order valence-electron chi connectivity index (χ3n) is 5.26. The lowest BCUT2D eigenvalue weighted by Crippen LogP contribution is -2.50. The van der Waals surface area contributed by atoms with Gasteiger partial charge in [-0.05, 0) is 24.3 Å². The lowest BCUT2D eigenvalue weighted by Gasteiger charge is -2.31. The maximum Gasteiger partial charge on any atom is 0.435 e. The lowest BCUT2D eigenvalue weighted by molar-refractivity contribution is -0.348. The molecule has 0 saturated heterocycles. The third-order valence-corrected chi connectivity index (χ3v) is 5.56. The molecule has 3 amide bonds. The number of rotatable bonds is 5. The predicted octanol–water partition coefficient (Wildman–Crippen LogP) is 7.00. The summed E-state index contributed by atoms with van der Waals surface area (Å²) in [5.74, 6) is -7.41. The fourth-order valence-electron chi connectivity index (χ4n) is 3.32. The second-order valence-electron chi connectivity index (χ2n) is 8.38. The van der Waals surface area contributed by atoms with Crippen LogP contribution in [-0.4, -0.2) is 54.7 Å². The lowest BCUT2D eigenvalue weighted by atomic mass is 9.91. The van der Waals surface area contributed by atoms with Crippen LogP contribution >= 0.6 is 11.6 Å². The van der Waals surface area contributed by atoms with Crippen molar-refractivity contribution in [2.45, 2.75) is 30.4 Å². The molecule has 0 fully saturated rings. The van der Waals surface area contributed by atoms with Gasteiger partial charge in [-0.1, -0.05) is 17.7 Å². The van der Waals surface area contributed by atoms with Crippen LogP contribution in [0, 0.1) is 5.82 Å². The molecule has 0 heterocycles. The second-order valence-corrected chi connectivity index (χ2v) is 8.79. The van der Waals surface area contributed by atoms with Crippen molar-refractivity contribution in [3.8, 4) is 0 Å². The Labute approximate surface area is 234 Å². The van der Waals surface area contributed by atoms with Gasteiger partial charge in [0.25, 0.3) is 5.91 Å². The van der Waals surface area contributed by atoms with Gasteiger partial charge in [0.15, 0.2) is 5.82 Å². The molecule has 2 aromatic carbocycles. The molecule has 0 saturated carbocycles. The molecule has 0 aliphatic heterocycles. The minimum atomic E-state index is -6.83. The molecule has 0 radical (unpaired) electrons. The monoisotopic (exact) mass is 667 g/mol. The zero-order valence-corrected chi connectivity index (χ0v) is 21.2. The molecule has 2 rings (SSSR count). The van der Waals surface area contributed by atoms with Crippen LogP contribution in [0.4, 0.5) is 72.8 Å². The Morgan fingerprint density at radius 3 is 1.84 bits per heavy atom. The number of amides is 3. The van der Waals surface area contributed by atoms with Gasteiger partial charge in [-0.3, -0.25) is 14.4 Å². The van der Waals surface area contributed by atoms with E-state index in [0.29, 0.717) is 19.2 Å². The summed E-state index contributed by atoms with van der Waals surface area (Å²) in [6.45, 7) is -1.90. The molecular formula is C22H12ClF14N3O3. The number of carbonyl (C=O) groups is 3. The molecule has 0 unspecified atom stereocenters. The highest BCUT2D eigenvalue weighted by atomic mass is 35.5. The van der Waals surface area contributed by atoms with Gasteiger partial charge < -0.3 is 15.5 Å². The molecule has 0 atom stereocenters. The summed E-state index contributed by atoms with van der Waals surface area (Å²) in [5, 5.41) is 1.14. The Balaban J connectivity index is 2.52. The molecule has 43 heavy (non-hydrogen) atoms. The van der Waals surface area contributed by atoms with Gasteiger partial charge in [-0.25, -0.2) is 8.78 Å². The van der Waals surface area contributed by atoms with Crippen molar-refractivity contribution in [3.63, 3.8) is 0 Å². The van der Waals surface area contributed by atoms with Gasteiger partial charge in [0.2, 0.25) is 0 Å². The Morgan fingerprint density at radius 2 is 1.37 bits per heavy atom. The van der Waals surface area contributed by atoms with E-state index < -0.39 is 106 Å². The molecule has 0 spiro atoms. The van der Waals surface area contributed by atoms with Crippen molar-refractivity contribution in [2.75, 3.05) is 24.2 Å². The average Bonchev–Trinajstić information content (AvgIpc) is 2.81. The number of anilines is 2. The molecule has 2 aromatic rings. The van der Waals surface area contributed by atoms with Crippen molar-refractivity contribution in [1.82, 2.24) is 4.90 Å². The van der Waals surface area contributed by atoms with Crippen molar-refractivity contribution in [2.24, 2.45) is 0 Å². The minimum Gasteiger partial charge on any atom is -0.328 e. The molecule has 0 aromatic heterocycles. The molecular weight excluding hydrogens is 656 g/mol. The zero-order chi connectivity index (χ0) is 33.5. The van der Waals surface area contributed by atoms with E-state index in [-0.39, 0.29) is 4.90 Å². The molecule has 0 aliphatic carbocycles. The van der Waals surface area contributed by atoms with Crippen LogP contribution in [0.1, 0.15) is 21.5 Å². The summed E-state index contributed by atoms with van der Waals surface area (Å²) >= 11 is 5.44. The van der Waals surface area contributed by atoms with E-state index >= 15 is 0 Å². The van der Waals surface area contributed by atoms with Crippen molar-refractivity contribution >= 4 is 40.7 Å². The number of nitrogens with zero attached hydrogens (tertiary/aromatic N) is 1. The molecule has 0 aliphatic rings. The van der Waals surface area contributed by atoms with E-state index in [9.17, 15) is 75.8 Å². The van der Waals surface area contributed by atoms with Gasteiger partial charge in [0.05, 0.1) is 27.5 Å². The number of halogens is 15. The van der Waals surface area contributed by atoms with E-state index in [0.717, 1.165) is 6.07 Å². The predicted molar refractivity (Wildman–Crippen MR) is 118 cm³/mol. The first-order valence-electron chi connectivity index (χ1n) is 10.7. The third kappa shape index (κ3) is 7.57. The quantitative estimate of drug-likeness (QED) is 0.266. The zero-order valence-electron chi connectivity index (χ0n) is 20.4. The van der Waals surface area contributed by atoms with Gasteiger partial charge in [-0.15, -0.1) is 0 Å². The number of hydrogen-bond donors (Lipinski definition) is 2. The number of alkyl halides is 13. The molecule has 21 heteroatoms. The number of likely N-dealkylation sites (N-methyl/N-ethyl adjacent to an activating group) is 1. The maximum absolute atomic E-state index is 14.9. The molecule has 2 N–H and O–H groups in total. The van der Waals surface area contributed by atoms with Gasteiger partial charge in [-0.2, -0.15) is 52.7 Å². The number of benzene rings is 2. The maximum atomic E-state index is 14.9. The van der Waals surface area contributed by atoms with Crippen LogP contribution in [0.15, 0.2) is 30.3 Å². The van der Waals surface area contributed by atoms with E-state index in [1.165, 1.54) is 10.6 Å². The van der Waals surface area contributed by atoms with Crippen LogP contribution in [-0.2, 0) is 21.4 Å². The molecule has 238 valence electrons. The Kier molecular flexibility index (Phi) is 9.61. The SMILES string of the molecule is CN(CC(F)(F)F)C(=O)C(=O)Nc1cccc(C(=O)Nc2c(Cl)cc(C(F)(C(F)(F)F)C(F)(F)F)cc2C(F)(F)F)c1F. The van der Waals surface area contributed by atoms with Gasteiger partial charge >= 0.3 is 42.2 Å². The highest BCUT2D eigenvalue weighted by Crippen LogP contribution is 2.55. The van der Waals surface area contributed by atoms with Crippen molar-refractivity contribution in [1.29, 1.82) is 0 Å².